The maximum absolute atomic E-state index is 12.0. The molecule has 0 aliphatic heterocycles. The van der Waals surface area contributed by atoms with Crippen LogP contribution in [0.2, 0.25) is 0 Å². The Balaban J connectivity index is 1.62. The molecule has 23 heavy (non-hydrogen) atoms. The van der Waals surface area contributed by atoms with Crippen LogP contribution in [0.3, 0.4) is 0 Å². The average molecular weight is 325 g/mol. The monoisotopic (exact) mass is 325 g/mol. The zero-order valence-electron chi connectivity index (χ0n) is 12.6. The van der Waals surface area contributed by atoms with Crippen LogP contribution < -0.4 is 5.32 Å². The van der Waals surface area contributed by atoms with Gasteiger partial charge in [0, 0.05) is 30.2 Å². The molecule has 0 atom stereocenters. The van der Waals surface area contributed by atoms with Crippen LogP contribution >= 0.6 is 11.3 Å². The molecule has 1 saturated carbocycles. The smallest absolute Gasteiger partial charge is 0.333 e. The number of nitrogens with zero attached hydrogens (tertiary/aromatic N) is 4. The van der Waals surface area contributed by atoms with E-state index in [0.29, 0.717) is 6.04 Å². The number of aryl methyl sites for hydroxylation is 1. The standard InChI is InChI=1S/C16H15N5OS/c1-10-14(23-15(18-10)11-3-2-7-17-9-11)13-6-8-21(20-13)16(22)19-12-4-5-12/h2-3,6-9,12H,4-5H2,1H3,(H,19,22). The minimum absolute atomic E-state index is 0.173. The number of aromatic nitrogens is 4. The molecule has 3 aromatic heterocycles. The Morgan fingerprint density at radius 3 is 3.00 bits per heavy atom. The second kappa shape index (κ2) is 5.58. The third kappa shape index (κ3) is 2.87. The first kappa shape index (κ1) is 14.1. The number of thiazole rings is 1. The van der Waals surface area contributed by atoms with E-state index < -0.39 is 0 Å². The molecule has 3 aromatic rings. The van der Waals surface area contributed by atoms with Crippen LogP contribution in [0.15, 0.2) is 36.8 Å². The highest BCUT2D eigenvalue weighted by atomic mass is 32.1. The van der Waals surface area contributed by atoms with Crippen LogP contribution in [-0.2, 0) is 0 Å². The highest BCUT2D eigenvalue weighted by Crippen LogP contribution is 2.33. The lowest BCUT2D eigenvalue weighted by Crippen LogP contribution is -2.30. The van der Waals surface area contributed by atoms with Crippen molar-refractivity contribution >= 4 is 17.4 Å². The Morgan fingerprint density at radius 1 is 1.39 bits per heavy atom. The van der Waals surface area contributed by atoms with Gasteiger partial charge in [0.1, 0.15) is 10.7 Å². The molecular formula is C16H15N5OS. The highest BCUT2D eigenvalue weighted by Gasteiger charge is 2.24. The van der Waals surface area contributed by atoms with Gasteiger partial charge in [0.2, 0.25) is 0 Å². The summed E-state index contributed by atoms with van der Waals surface area (Å²) >= 11 is 1.56. The molecule has 0 spiro atoms. The first-order valence-electron chi connectivity index (χ1n) is 7.45. The van der Waals surface area contributed by atoms with E-state index in [9.17, 15) is 4.79 Å². The number of rotatable bonds is 3. The van der Waals surface area contributed by atoms with Crippen molar-refractivity contribution in [2.45, 2.75) is 25.8 Å². The van der Waals surface area contributed by atoms with E-state index in [1.165, 1.54) is 4.68 Å². The molecule has 1 aliphatic rings. The van der Waals surface area contributed by atoms with Crippen LogP contribution in [0.1, 0.15) is 18.5 Å². The lowest BCUT2D eigenvalue weighted by molar-refractivity contribution is 0.239. The summed E-state index contributed by atoms with van der Waals surface area (Å²) < 4.78 is 1.36. The molecule has 0 radical (unpaired) electrons. The molecular weight excluding hydrogens is 310 g/mol. The van der Waals surface area contributed by atoms with Gasteiger partial charge in [-0.05, 0) is 38.0 Å². The van der Waals surface area contributed by atoms with Gasteiger partial charge in [0.05, 0.1) is 10.6 Å². The lowest BCUT2D eigenvalue weighted by Gasteiger charge is -2.01. The second-order valence-corrected chi connectivity index (χ2v) is 6.54. The molecule has 4 rings (SSSR count). The van der Waals surface area contributed by atoms with Crippen LogP contribution in [0.25, 0.3) is 21.1 Å². The minimum Gasteiger partial charge on any atom is -0.333 e. The van der Waals surface area contributed by atoms with E-state index in [4.69, 9.17) is 0 Å². The quantitative estimate of drug-likeness (QED) is 0.803. The predicted molar refractivity (Wildman–Crippen MR) is 88.3 cm³/mol. The van der Waals surface area contributed by atoms with Crippen LogP contribution in [0.5, 0.6) is 0 Å². The molecule has 0 unspecified atom stereocenters. The van der Waals surface area contributed by atoms with E-state index in [1.54, 1.807) is 29.9 Å². The van der Waals surface area contributed by atoms with Gasteiger partial charge < -0.3 is 5.32 Å². The summed E-state index contributed by atoms with van der Waals surface area (Å²) in [5.74, 6) is 0. The minimum atomic E-state index is -0.173. The van der Waals surface area contributed by atoms with Gasteiger partial charge in [-0.2, -0.15) is 9.78 Å². The van der Waals surface area contributed by atoms with Crippen molar-refractivity contribution < 1.29 is 4.79 Å². The molecule has 1 N–H and O–H groups in total. The zero-order chi connectivity index (χ0) is 15.8. The number of pyridine rings is 1. The predicted octanol–water partition coefficient (Wildman–Crippen LogP) is 3.10. The highest BCUT2D eigenvalue weighted by molar-refractivity contribution is 7.18. The van der Waals surface area contributed by atoms with Crippen LogP contribution in [0, 0.1) is 6.92 Å². The Bertz CT molecular complexity index is 850. The first-order chi connectivity index (χ1) is 11.2. The summed E-state index contributed by atoms with van der Waals surface area (Å²) in [5, 5.41) is 8.22. The Labute approximate surface area is 137 Å². The lowest BCUT2D eigenvalue weighted by atomic mass is 10.3. The summed E-state index contributed by atoms with van der Waals surface area (Å²) in [6, 6.07) is 5.87. The number of nitrogens with one attached hydrogen (secondary N) is 1. The summed E-state index contributed by atoms with van der Waals surface area (Å²) in [6.45, 7) is 1.95. The molecule has 6 nitrogen and oxygen atoms in total. The number of hydrogen-bond donors (Lipinski definition) is 1. The molecule has 0 bridgehead atoms. The van der Waals surface area contributed by atoms with Crippen molar-refractivity contribution in [2.24, 2.45) is 0 Å². The third-order valence-electron chi connectivity index (χ3n) is 3.64. The number of amides is 1. The summed E-state index contributed by atoms with van der Waals surface area (Å²) in [7, 11) is 0. The summed E-state index contributed by atoms with van der Waals surface area (Å²) in [6.07, 6.45) is 7.34. The first-order valence-corrected chi connectivity index (χ1v) is 8.27. The van der Waals surface area contributed by atoms with Gasteiger partial charge in [-0.1, -0.05) is 0 Å². The van der Waals surface area contributed by atoms with Gasteiger partial charge >= 0.3 is 6.03 Å². The van der Waals surface area contributed by atoms with Crippen molar-refractivity contribution in [3.8, 4) is 21.1 Å². The average Bonchev–Trinajstić information content (AvgIpc) is 3.10. The summed E-state index contributed by atoms with van der Waals surface area (Å²) in [4.78, 5) is 21.7. The fourth-order valence-corrected chi connectivity index (χ4v) is 3.29. The zero-order valence-corrected chi connectivity index (χ0v) is 13.4. The molecule has 1 aliphatic carbocycles. The maximum Gasteiger partial charge on any atom is 0.342 e. The normalized spacial score (nSPS) is 14.0. The fourth-order valence-electron chi connectivity index (χ4n) is 2.27. The topological polar surface area (TPSA) is 72.7 Å². The van der Waals surface area contributed by atoms with E-state index in [0.717, 1.165) is 39.7 Å². The molecule has 116 valence electrons. The van der Waals surface area contributed by atoms with Crippen molar-refractivity contribution in [3.05, 3.63) is 42.5 Å². The molecule has 0 saturated heterocycles. The third-order valence-corrected chi connectivity index (χ3v) is 4.87. The van der Waals surface area contributed by atoms with Crippen molar-refractivity contribution in [1.82, 2.24) is 25.1 Å². The second-order valence-electron chi connectivity index (χ2n) is 5.54. The van der Waals surface area contributed by atoms with Gasteiger partial charge in [-0.15, -0.1) is 11.3 Å². The SMILES string of the molecule is Cc1nc(-c2cccnc2)sc1-c1ccn(C(=O)NC2CC2)n1. The molecule has 1 amide bonds. The van der Waals surface area contributed by atoms with Crippen LogP contribution in [0.4, 0.5) is 4.79 Å². The Morgan fingerprint density at radius 2 is 2.26 bits per heavy atom. The van der Waals surface area contributed by atoms with Gasteiger partial charge in [-0.3, -0.25) is 4.98 Å². The fraction of sp³-hybridized carbons (Fsp3) is 0.250. The molecule has 1 fully saturated rings. The summed E-state index contributed by atoms with van der Waals surface area (Å²) in [5.41, 5.74) is 2.65. The van der Waals surface area contributed by atoms with Gasteiger partial charge in [0.15, 0.2) is 0 Å². The Kier molecular flexibility index (Phi) is 3.42. The van der Waals surface area contributed by atoms with E-state index in [-0.39, 0.29) is 6.03 Å². The van der Waals surface area contributed by atoms with Crippen molar-refractivity contribution in [3.63, 3.8) is 0 Å². The number of carbonyl (C=O) groups excluding carboxylic acids is 1. The Hall–Kier alpha value is -2.54. The molecule has 0 aromatic carbocycles. The maximum atomic E-state index is 12.0. The van der Waals surface area contributed by atoms with E-state index >= 15 is 0 Å². The van der Waals surface area contributed by atoms with E-state index in [1.807, 2.05) is 25.1 Å². The van der Waals surface area contributed by atoms with Gasteiger partial charge in [0.25, 0.3) is 0 Å². The van der Waals surface area contributed by atoms with Crippen LogP contribution in [-0.4, -0.2) is 31.8 Å². The molecule has 7 heteroatoms. The van der Waals surface area contributed by atoms with Crippen molar-refractivity contribution in [2.75, 3.05) is 0 Å². The van der Waals surface area contributed by atoms with Crippen molar-refractivity contribution in [1.29, 1.82) is 0 Å². The number of hydrogen-bond acceptors (Lipinski definition) is 5. The van der Waals surface area contributed by atoms with Gasteiger partial charge in [-0.25, -0.2) is 9.78 Å². The largest absolute Gasteiger partial charge is 0.342 e. The number of carbonyl (C=O) groups is 1. The molecule has 3 heterocycles. The van der Waals surface area contributed by atoms with E-state index in [2.05, 4.69) is 20.4 Å².